The molecule has 24 heavy (non-hydrogen) atoms. The van der Waals surface area contributed by atoms with Crippen LogP contribution in [0.5, 0.6) is 5.75 Å². The zero-order valence-electron chi connectivity index (χ0n) is 12.2. The average molecular weight is 391 g/mol. The van der Waals surface area contributed by atoms with E-state index in [2.05, 4.69) is 22.8 Å². The predicted molar refractivity (Wildman–Crippen MR) is 89.3 cm³/mol. The van der Waals surface area contributed by atoms with Crippen molar-refractivity contribution in [2.75, 3.05) is 0 Å². The van der Waals surface area contributed by atoms with E-state index in [1.165, 1.54) is 0 Å². The fourth-order valence-electron chi connectivity index (χ4n) is 2.12. The minimum atomic E-state index is -0.357. The van der Waals surface area contributed by atoms with Crippen LogP contribution < -0.4 is 16.2 Å². The second kappa shape index (κ2) is 8.47. The molecule has 127 valence electrons. The maximum absolute atomic E-state index is 12.7. The number of nitrogens with two attached hydrogens (primary N) is 1. The van der Waals surface area contributed by atoms with Gasteiger partial charge in [-0.05, 0) is 23.0 Å². The molecule has 1 radical (unpaired) electrons. The smallest absolute Gasteiger partial charge is 0.868 e. The van der Waals surface area contributed by atoms with Gasteiger partial charge in [-0.3, -0.25) is 0 Å². The van der Waals surface area contributed by atoms with Crippen LogP contribution in [0.4, 0.5) is 0 Å². The Labute approximate surface area is 153 Å². The molecular weight excluding hydrogens is 378 g/mol. The van der Waals surface area contributed by atoms with Gasteiger partial charge in [-0.1, -0.05) is 42.5 Å². The fourth-order valence-corrected chi connectivity index (χ4v) is 2.16. The normalized spacial score (nSPS) is 11.7. The number of amidine groups is 1. The van der Waals surface area contributed by atoms with Gasteiger partial charge in [0.1, 0.15) is 11.3 Å². The summed E-state index contributed by atoms with van der Waals surface area (Å²) in [4.78, 5) is 0. The molecule has 0 fully saturated rings. The van der Waals surface area contributed by atoms with Gasteiger partial charge in [-0.2, -0.15) is 10.2 Å². The van der Waals surface area contributed by atoms with Crippen LogP contribution in [0, 0.1) is 0 Å². The number of para-hydroxylation sites is 1. The van der Waals surface area contributed by atoms with Crippen molar-refractivity contribution in [3.63, 3.8) is 0 Å². The van der Waals surface area contributed by atoms with Crippen LogP contribution >= 0.6 is 0 Å². The Morgan fingerprint density at radius 3 is 2.33 bits per heavy atom. The summed E-state index contributed by atoms with van der Waals surface area (Å²) in [6, 6.07) is 16.2. The summed E-state index contributed by atoms with van der Waals surface area (Å²) in [5.74, 6) is -0.152. The number of nitrogens with zero attached hydrogens (tertiary/aromatic N) is 2. The van der Waals surface area contributed by atoms with Crippen molar-refractivity contribution >= 4 is 28.8 Å². The summed E-state index contributed by atoms with van der Waals surface area (Å²) in [6.45, 7) is 0. The molecule has 0 aliphatic rings. The monoisotopic (exact) mass is 390 g/mol. The molecule has 0 saturated carbocycles. The molecule has 1 aromatic heterocycles. The molecule has 0 aliphatic heterocycles. The Morgan fingerprint density at radius 2 is 1.67 bits per heavy atom. The van der Waals surface area contributed by atoms with Crippen molar-refractivity contribution in [3.8, 4) is 17.1 Å². The summed E-state index contributed by atoms with van der Waals surface area (Å²) in [7, 11) is 0. The maximum Gasteiger partial charge on any atom is 2.00 e. The summed E-state index contributed by atoms with van der Waals surface area (Å²) >= 11 is 4.68. The molecule has 3 aromatic rings. The molecule has 4 N–H and O–H groups in total. The van der Waals surface area contributed by atoms with E-state index in [1.54, 1.807) is 30.3 Å². The van der Waals surface area contributed by atoms with Crippen LogP contribution in [0.1, 0.15) is 0 Å². The SMILES string of the molecule is N/C([S-])=N/N=c1\c([O-])c(-c2ccccc2)oc2ccccc12.O.[Cu+2]. The zero-order chi connectivity index (χ0) is 15.5. The largest absolute Gasteiger partial charge is 2.00 e. The quantitative estimate of drug-likeness (QED) is 0.231. The number of hydrogen-bond donors (Lipinski definition) is 1. The first-order chi connectivity index (χ1) is 10.7. The van der Waals surface area contributed by atoms with Crippen LogP contribution in [-0.2, 0) is 29.7 Å². The van der Waals surface area contributed by atoms with Crippen LogP contribution in [0.2, 0.25) is 0 Å². The minimum absolute atomic E-state index is 0. The molecule has 0 atom stereocenters. The van der Waals surface area contributed by atoms with E-state index < -0.39 is 0 Å². The van der Waals surface area contributed by atoms with Crippen molar-refractivity contribution in [2.24, 2.45) is 15.9 Å². The summed E-state index contributed by atoms with van der Waals surface area (Å²) < 4.78 is 5.75. The second-order valence-electron chi connectivity index (χ2n) is 4.51. The fraction of sp³-hybridized carbons (Fsp3) is 0. The molecule has 1 heterocycles. The molecule has 0 unspecified atom stereocenters. The average Bonchev–Trinajstić information content (AvgIpc) is 2.54. The van der Waals surface area contributed by atoms with Gasteiger partial charge in [0.15, 0.2) is 0 Å². The van der Waals surface area contributed by atoms with Gasteiger partial charge in [0.25, 0.3) is 0 Å². The Balaban J connectivity index is 0.00000144. The number of benzene rings is 2. The maximum atomic E-state index is 12.7. The van der Waals surface area contributed by atoms with E-state index >= 15 is 0 Å². The molecule has 0 bridgehead atoms. The van der Waals surface area contributed by atoms with Crippen molar-refractivity contribution in [1.82, 2.24) is 0 Å². The molecule has 0 aliphatic carbocycles. The van der Waals surface area contributed by atoms with Gasteiger partial charge in [0.05, 0.1) is 5.36 Å². The van der Waals surface area contributed by atoms with Crippen molar-refractivity contribution in [2.45, 2.75) is 0 Å². The number of rotatable bonds is 2. The second-order valence-corrected chi connectivity index (χ2v) is 4.93. The van der Waals surface area contributed by atoms with Gasteiger partial charge in [-0.25, -0.2) is 0 Å². The van der Waals surface area contributed by atoms with Gasteiger partial charge in [0, 0.05) is 10.9 Å². The minimum Gasteiger partial charge on any atom is -0.868 e. The Morgan fingerprint density at radius 1 is 1.04 bits per heavy atom. The number of hydrogen-bond acceptors (Lipinski definition) is 5. The van der Waals surface area contributed by atoms with Crippen molar-refractivity contribution < 1.29 is 32.1 Å². The molecule has 0 amide bonds. The van der Waals surface area contributed by atoms with Crippen molar-refractivity contribution in [3.05, 3.63) is 60.0 Å². The Bertz CT molecular complexity index is 923. The summed E-state index contributed by atoms with van der Waals surface area (Å²) in [5.41, 5.74) is 6.54. The zero-order valence-corrected chi connectivity index (χ0v) is 14.0. The van der Waals surface area contributed by atoms with E-state index in [1.807, 2.05) is 24.3 Å². The van der Waals surface area contributed by atoms with E-state index in [-0.39, 0.29) is 44.6 Å². The first-order valence-corrected chi connectivity index (χ1v) is 6.90. The first kappa shape index (κ1) is 19.7. The van der Waals surface area contributed by atoms with Gasteiger partial charge < -0.3 is 33.4 Å². The summed E-state index contributed by atoms with van der Waals surface area (Å²) in [5, 5.41) is 20.8. The molecule has 0 spiro atoms. The van der Waals surface area contributed by atoms with E-state index in [0.717, 1.165) is 0 Å². The van der Waals surface area contributed by atoms with Crippen LogP contribution in [-0.4, -0.2) is 10.6 Å². The first-order valence-electron chi connectivity index (χ1n) is 6.49. The third kappa shape index (κ3) is 3.93. The third-order valence-electron chi connectivity index (χ3n) is 3.06. The molecular formula is C16H13CuN3O3S. The molecule has 2 aromatic carbocycles. The van der Waals surface area contributed by atoms with Crippen LogP contribution in [0.15, 0.2) is 69.2 Å². The molecule has 8 heteroatoms. The van der Waals surface area contributed by atoms with Crippen LogP contribution in [0.3, 0.4) is 0 Å². The van der Waals surface area contributed by atoms with Gasteiger partial charge in [-0.15, -0.1) is 0 Å². The van der Waals surface area contributed by atoms with E-state index in [0.29, 0.717) is 16.5 Å². The van der Waals surface area contributed by atoms with E-state index in [9.17, 15) is 5.11 Å². The standard InChI is InChI=1S/C16H13N3O2S.Cu.H2O/c17-16(22)19-18-13-11-8-4-5-9-12(11)21-15(14(13)20)10-6-2-1-3-7-10;;/h1-9,20H,(H3,17,19,22);;1H2/q;+2;/p-2/b18-13-;;. The van der Waals surface area contributed by atoms with Gasteiger partial charge >= 0.3 is 17.1 Å². The van der Waals surface area contributed by atoms with Crippen LogP contribution in [0.25, 0.3) is 22.3 Å². The predicted octanol–water partition coefficient (Wildman–Crippen LogP) is 1.02. The number of fused-ring (bicyclic) bond motifs is 1. The Kier molecular flexibility index (Phi) is 6.94. The van der Waals surface area contributed by atoms with E-state index in [4.69, 9.17) is 10.2 Å². The van der Waals surface area contributed by atoms with Crippen molar-refractivity contribution in [1.29, 1.82) is 0 Å². The topological polar surface area (TPSA) is 118 Å². The molecule has 6 nitrogen and oxygen atoms in total. The third-order valence-corrected chi connectivity index (χ3v) is 3.14. The summed E-state index contributed by atoms with van der Waals surface area (Å²) in [6.07, 6.45) is 0. The molecule has 0 saturated heterocycles. The molecule has 3 rings (SSSR count). The Hall–Kier alpha value is -2.38. The van der Waals surface area contributed by atoms with Gasteiger partial charge in [0.2, 0.25) is 0 Å².